The number of hydrogen-bond acceptors (Lipinski definition) is 3. The first-order valence-corrected chi connectivity index (χ1v) is 13.6. The molecule has 0 aliphatic heterocycles. The van der Waals surface area contributed by atoms with E-state index in [1.54, 1.807) is 17.0 Å². The van der Waals surface area contributed by atoms with Gasteiger partial charge < -0.3 is 15.0 Å². The van der Waals surface area contributed by atoms with Crippen molar-refractivity contribution < 1.29 is 14.3 Å². The quantitative estimate of drug-likeness (QED) is 0.282. The fourth-order valence-electron chi connectivity index (χ4n) is 4.20. The molecular weight excluding hydrogens is 519 g/mol. The number of aryl methyl sites for hydroxylation is 2. The van der Waals surface area contributed by atoms with Crippen LogP contribution in [0.2, 0.25) is 10.0 Å². The predicted molar refractivity (Wildman–Crippen MR) is 155 cm³/mol. The molecule has 0 saturated carbocycles. The second-order valence-electron chi connectivity index (χ2n) is 9.79. The van der Waals surface area contributed by atoms with Gasteiger partial charge >= 0.3 is 0 Å². The Morgan fingerprint density at radius 1 is 0.947 bits per heavy atom. The number of rotatable bonds is 11. The molecule has 1 N–H and O–H groups in total. The molecule has 0 heterocycles. The van der Waals surface area contributed by atoms with Crippen LogP contribution in [-0.4, -0.2) is 35.4 Å². The molecule has 3 rings (SSSR count). The SMILES string of the molecule is CC[C@@H](C)NC(=O)[C@@H](Cc1ccccc1)N(Cc1ccc(Cl)c(Cl)c1)C(=O)COc1cc(C)cc(C)c1C. The van der Waals surface area contributed by atoms with Gasteiger partial charge in [0.25, 0.3) is 5.91 Å². The van der Waals surface area contributed by atoms with Crippen molar-refractivity contribution >= 4 is 35.0 Å². The predicted octanol–water partition coefficient (Wildman–Crippen LogP) is 6.85. The number of benzene rings is 3. The summed E-state index contributed by atoms with van der Waals surface area (Å²) in [4.78, 5) is 29.0. The highest BCUT2D eigenvalue weighted by molar-refractivity contribution is 6.42. The topological polar surface area (TPSA) is 58.6 Å². The van der Waals surface area contributed by atoms with Crippen LogP contribution in [0.4, 0.5) is 0 Å². The highest BCUT2D eigenvalue weighted by Gasteiger charge is 2.31. The lowest BCUT2D eigenvalue weighted by Gasteiger charge is -2.32. The van der Waals surface area contributed by atoms with Gasteiger partial charge in [0.2, 0.25) is 5.91 Å². The number of nitrogens with zero attached hydrogens (tertiary/aromatic N) is 1. The van der Waals surface area contributed by atoms with E-state index in [9.17, 15) is 9.59 Å². The van der Waals surface area contributed by atoms with Crippen molar-refractivity contribution in [2.75, 3.05) is 6.61 Å². The summed E-state index contributed by atoms with van der Waals surface area (Å²) in [7, 11) is 0. The van der Waals surface area contributed by atoms with Crippen LogP contribution in [0.3, 0.4) is 0 Å². The number of carbonyl (C=O) groups excluding carboxylic acids is 2. The van der Waals surface area contributed by atoms with Crippen molar-refractivity contribution in [2.24, 2.45) is 0 Å². The van der Waals surface area contributed by atoms with E-state index < -0.39 is 6.04 Å². The first-order valence-electron chi connectivity index (χ1n) is 12.9. The van der Waals surface area contributed by atoms with Gasteiger partial charge in [0.1, 0.15) is 11.8 Å². The Morgan fingerprint density at radius 2 is 1.66 bits per heavy atom. The maximum Gasteiger partial charge on any atom is 0.261 e. The van der Waals surface area contributed by atoms with Crippen molar-refractivity contribution in [3.05, 3.63) is 98.5 Å². The van der Waals surface area contributed by atoms with E-state index in [1.165, 1.54) is 0 Å². The van der Waals surface area contributed by atoms with Crippen molar-refractivity contribution in [2.45, 2.75) is 66.1 Å². The Balaban J connectivity index is 1.97. The fourth-order valence-corrected chi connectivity index (χ4v) is 4.52. The van der Waals surface area contributed by atoms with Gasteiger partial charge in [0, 0.05) is 19.0 Å². The summed E-state index contributed by atoms with van der Waals surface area (Å²) in [6.45, 7) is 9.92. The summed E-state index contributed by atoms with van der Waals surface area (Å²) in [6, 6.07) is 18.2. The van der Waals surface area contributed by atoms with Crippen LogP contribution in [0, 0.1) is 20.8 Å². The Morgan fingerprint density at radius 3 is 2.32 bits per heavy atom. The zero-order valence-electron chi connectivity index (χ0n) is 22.7. The Hall–Kier alpha value is -3.02. The zero-order chi connectivity index (χ0) is 27.8. The van der Waals surface area contributed by atoms with Crippen LogP contribution in [0.25, 0.3) is 0 Å². The van der Waals surface area contributed by atoms with E-state index in [4.69, 9.17) is 27.9 Å². The lowest BCUT2D eigenvalue weighted by molar-refractivity contribution is -0.143. The van der Waals surface area contributed by atoms with E-state index in [0.717, 1.165) is 34.2 Å². The Labute approximate surface area is 236 Å². The molecule has 0 radical (unpaired) electrons. The number of carbonyl (C=O) groups is 2. The summed E-state index contributed by atoms with van der Waals surface area (Å²) in [5, 5.41) is 3.89. The summed E-state index contributed by atoms with van der Waals surface area (Å²) in [5.41, 5.74) is 4.85. The molecule has 0 aromatic heterocycles. The van der Waals surface area contributed by atoms with Gasteiger partial charge in [-0.2, -0.15) is 0 Å². The molecule has 0 spiro atoms. The summed E-state index contributed by atoms with van der Waals surface area (Å²) in [5.74, 6) is 0.156. The minimum absolute atomic E-state index is 0.0307. The van der Waals surface area contributed by atoms with Gasteiger partial charge in [-0.25, -0.2) is 0 Å². The lowest BCUT2D eigenvalue weighted by atomic mass is 10.0. The highest BCUT2D eigenvalue weighted by Crippen LogP contribution is 2.26. The molecule has 2 atom stereocenters. The second kappa shape index (κ2) is 13.7. The molecule has 3 aromatic rings. The maximum atomic E-state index is 13.8. The van der Waals surface area contributed by atoms with E-state index in [2.05, 4.69) is 11.4 Å². The minimum Gasteiger partial charge on any atom is -0.483 e. The number of hydrogen-bond donors (Lipinski definition) is 1. The average molecular weight is 556 g/mol. The number of halogens is 2. The minimum atomic E-state index is -0.753. The first-order chi connectivity index (χ1) is 18.1. The summed E-state index contributed by atoms with van der Waals surface area (Å²) in [6.07, 6.45) is 1.14. The highest BCUT2D eigenvalue weighted by atomic mass is 35.5. The van der Waals surface area contributed by atoms with E-state index in [0.29, 0.717) is 22.2 Å². The fraction of sp³-hybridized carbons (Fsp3) is 0.355. The first kappa shape index (κ1) is 29.5. The van der Waals surface area contributed by atoms with Crippen molar-refractivity contribution in [1.82, 2.24) is 10.2 Å². The molecular formula is C31H36Cl2N2O3. The Bertz CT molecular complexity index is 1260. The van der Waals surface area contributed by atoms with Gasteiger partial charge in [-0.3, -0.25) is 9.59 Å². The smallest absolute Gasteiger partial charge is 0.261 e. The van der Waals surface area contributed by atoms with Crippen molar-refractivity contribution in [3.63, 3.8) is 0 Å². The maximum absolute atomic E-state index is 13.8. The van der Waals surface area contributed by atoms with Crippen LogP contribution in [0.15, 0.2) is 60.7 Å². The molecule has 0 unspecified atom stereocenters. The molecule has 0 saturated heterocycles. The molecule has 202 valence electrons. The molecule has 0 fully saturated rings. The van der Waals surface area contributed by atoms with Gasteiger partial charge in [-0.15, -0.1) is 0 Å². The monoisotopic (exact) mass is 554 g/mol. The number of amides is 2. The lowest BCUT2D eigenvalue weighted by Crippen LogP contribution is -2.53. The van der Waals surface area contributed by atoms with Crippen molar-refractivity contribution in [3.8, 4) is 5.75 Å². The second-order valence-corrected chi connectivity index (χ2v) is 10.6. The molecule has 0 aliphatic carbocycles. The van der Waals surface area contributed by atoms with Crippen LogP contribution in [-0.2, 0) is 22.6 Å². The molecule has 38 heavy (non-hydrogen) atoms. The Kier molecular flexibility index (Phi) is 10.6. The average Bonchev–Trinajstić information content (AvgIpc) is 2.89. The number of ether oxygens (including phenoxy) is 1. The largest absolute Gasteiger partial charge is 0.483 e. The standard InChI is InChI=1S/C31H36Cl2N2O3/c1-6-22(4)34-31(37)28(17-24-10-8-7-9-11-24)35(18-25-12-13-26(32)27(33)16-25)30(36)19-38-29-15-20(2)14-21(3)23(29)5/h7-16,22,28H,6,17-19H2,1-5H3,(H,34,37)/t22-,28-/m1/s1. The van der Waals surface area contributed by atoms with Gasteiger partial charge in [0.15, 0.2) is 6.61 Å². The van der Waals surface area contributed by atoms with E-state index in [-0.39, 0.29) is 31.0 Å². The molecule has 7 heteroatoms. The summed E-state index contributed by atoms with van der Waals surface area (Å²) >= 11 is 12.4. The molecule has 0 aliphatic rings. The van der Waals surface area contributed by atoms with Crippen LogP contribution in [0.5, 0.6) is 5.75 Å². The van der Waals surface area contributed by atoms with E-state index >= 15 is 0 Å². The van der Waals surface area contributed by atoms with Crippen LogP contribution in [0.1, 0.15) is 48.1 Å². The van der Waals surface area contributed by atoms with Gasteiger partial charge in [0.05, 0.1) is 10.0 Å². The molecule has 0 bridgehead atoms. The van der Waals surface area contributed by atoms with Gasteiger partial charge in [-0.05, 0) is 80.1 Å². The summed E-state index contributed by atoms with van der Waals surface area (Å²) < 4.78 is 6.03. The third kappa shape index (κ3) is 7.99. The molecule has 3 aromatic carbocycles. The third-order valence-corrected chi connectivity index (χ3v) is 7.46. The van der Waals surface area contributed by atoms with E-state index in [1.807, 2.05) is 77.1 Å². The third-order valence-electron chi connectivity index (χ3n) is 6.72. The molecule has 5 nitrogen and oxygen atoms in total. The number of nitrogens with one attached hydrogen (secondary N) is 1. The zero-order valence-corrected chi connectivity index (χ0v) is 24.2. The molecule has 2 amide bonds. The normalized spacial score (nSPS) is 12.5. The van der Waals surface area contributed by atoms with Crippen molar-refractivity contribution in [1.29, 1.82) is 0 Å². The van der Waals surface area contributed by atoms with Crippen LogP contribution >= 0.6 is 23.2 Å². The van der Waals surface area contributed by atoms with Crippen LogP contribution < -0.4 is 10.1 Å². The van der Waals surface area contributed by atoms with Gasteiger partial charge in [-0.1, -0.05) is 72.6 Å².